The van der Waals surface area contributed by atoms with Crippen molar-refractivity contribution in [1.82, 2.24) is 20.1 Å². The number of H-pyrrole nitrogens is 1. The fraction of sp³-hybridized carbons (Fsp3) is 0.536. The first-order valence-electron chi connectivity index (χ1n) is 13.0. The molecular formula is C28H38N4O4. The predicted octanol–water partition coefficient (Wildman–Crippen LogP) is 4.52. The molecule has 3 atom stereocenters. The zero-order valence-corrected chi connectivity index (χ0v) is 21.3. The number of likely N-dealkylation sites (tertiary alicyclic amines) is 1. The van der Waals surface area contributed by atoms with Gasteiger partial charge in [0.25, 0.3) is 0 Å². The van der Waals surface area contributed by atoms with Gasteiger partial charge in [-0.1, -0.05) is 0 Å². The zero-order chi connectivity index (χ0) is 25.5. The van der Waals surface area contributed by atoms with Crippen molar-refractivity contribution in [3.63, 3.8) is 0 Å². The number of aliphatic hydroxyl groups is 1. The van der Waals surface area contributed by atoms with E-state index in [0.717, 1.165) is 79.6 Å². The zero-order valence-electron chi connectivity index (χ0n) is 21.3. The fourth-order valence-electron chi connectivity index (χ4n) is 5.56. The van der Waals surface area contributed by atoms with E-state index in [1.165, 1.54) is 5.56 Å². The van der Waals surface area contributed by atoms with Gasteiger partial charge in [-0.3, -0.25) is 14.9 Å². The molecule has 0 spiro atoms. The number of carboxylic acids is 1. The van der Waals surface area contributed by atoms with Crippen LogP contribution in [-0.2, 0) is 11.2 Å². The molecule has 8 nitrogen and oxygen atoms in total. The van der Waals surface area contributed by atoms with Crippen LogP contribution in [0.5, 0.6) is 5.75 Å². The van der Waals surface area contributed by atoms with Crippen LogP contribution < -0.4 is 4.74 Å². The van der Waals surface area contributed by atoms with Gasteiger partial charge in [-0.2, -0.15) is 5.10 Å². The van der Waals surface area contributed by atoms with Crippen molar-refractivity contribution in [2.24, 2.45) is 11.8 Å². The van der Waals surface area contributed by atoms with Crippen LogP contribution in [-0.4, -0.2) is 63.0 Å². The van der Waals surface area contributed by atoms with Gasteiger partial charge in [-0.25, -0.2) is 0 Å². The minimum absolute atomic E-state index is 0.105. The lowest BCUT2D eigenvalue weighted by Crippen LogP contribution is -2.41. The maximum Gasteiger partial charge on any atom is 0.303 e. The maximum absolute atomic E-state index is 11.6. The first kappa shape index (κ1) is 26.1. The third kappa shape index (κ3) is 6.62. The fourth-order valence-corrected chi connectivity index (χ4v) is 5.56. The largest absolute Gasteiger partial charge is 0.497 e. The van der Waals surface area contributed by atoms with Crippen molar-refractivity contribution in [2.45, 2.75) is 58.0 Å². The van der Waals surface area contributed by atoms with Gasteiger partial charge in [0.15, 0.2) is 0 Å². The number of piperidine rings is 1. The summed E-state index contributed by atoms with van der Waals surface area (Å²) < 4.78 is 5.36. The van der Waals surface area contributed by atoms with E-state index in [2.05, 4.69) is 27.0 Å². The molecule has 1 aliphatic heterocycles. The van der Waals surface area contributed by atoms with Gasteiger partial charge in [0, 0.05) is 30.2 Å². The second-order valence-corrected chi connectivity index (χ2v) is 10.1. The number of aromatic nitrogens is 3. The number of hydrogen-bond acceptors (Lipinski definition) is 6. The number of nitrogens with zero attached hydrogens (tertiary/aromatic N) is 3. The van der Waals surface area contributed by atoms with Gasteiger partial charge in [0.05, 0.1) is 24.9 Å². The molecule has 1 aliphatic rings. The van der Waals surface area contributed by atoms with E-state index in [1.54, 1.807) is 13.3 Å². The third-order valence-corrected chi connectivity index (χ3v) is 7.67. The van der Waals surface area contributed by atoms with Crippen molar-refractivity contribution in [3.8, 4) is 5.75 Å². The average molecular weight is 495 g/mol. The molecule has 0 saturated carbocycles. The van der Waals surface area contributed by atoms with E-state index >= 15 is 0 Å². The molecule has 0 aliphatic carbocycles. The molecule has 1 fully saturated rings. The number of ether oxygens (including phenoxy) is 1. The Morgan fingerprint density at radius 1 is 1.28 bits per heavy atom. The Balaban J connectivity index is 1.32. The Morgan fingerprint density at radius 3 is 2.89 bits per heavy atom. The van der Waals surface area contributed by atoms with Crippen molar-refractivity contribution in [3.05, 3.63) is 53.5 Å². The molecule has 1 aromatic carbocycles. The van der Waals surface area contributed by atoms with E-state index in [1.807, 2.05) is 30.5 Å². The van der Waals surface area contributed by atoms with E-state index in [9.17, 15) is 15.0 Å². The quantitative estimate of drug-likeness (QED) is 0.317. The van der Waals surface area contributed by atoms with Crippen LogP contribution in [0.1, 0.15) is 61.4 Å². The SMILES string of the molecule is COc1ccc2nccc(C(O)CC[C@@H]3CCN(CCCCc4cn[nH]c4C)C[C@@H]3CC(=O)O)c2c1. The van der Waals surface area contributed by atoms with Gasteiger partial charge >= 0.3 is 5.97 Å². The lowest BCUT2D eigenvalue weighted by molar-refractivity contribution is -0.139. The van der Waals surface area contributed by atoms with Crippen LogP contribution in [0, 0.1) is 18.8 Å². The van der Waals surface area contributed by atoms with Crippen molar-refractivity contribution >= 4 is 16.9 Å². The molecular weight excluding hydrogens is 456 g/mol. The summed E-state index contributed by atoms with van der Waals surface area (Å²) in [6.45, 7) is 4.84. The minimum Gasteiger partial charge on any atom is -0.497 e. The third-order valence-electron chi connectivity index (χ3n) is 7.67. The molecule has 1 unspecified atom stereocenters. The molecule has 1 saturated heterocycles. The van der Waals surface area contributed by atoms with Crippen molar-refractivity contribution < 1.29 is 19.7 Å². The van der Waals surface area contributed by atoms with Crippen LogP contribution in [0.3, 0.4) is 0 Å². The summed E-state index contributed by atoms with van der Waals surface area (Å²) in [7, 11) is 1.63. The summed E-state index contributed by atoms with van der Waals surface area (Å²) in [6.07, 6.45) is 8.77. The summed E-state index contributed by atoms with van der Waals surface area (Å²) >= 11 is 0. The predicted molar refractivity (Wildman–Crippen MR) is 139 cm³/mol. The number of hydrogen-bond donors (Lipinski definition) is 3. The Labute approximate surface area is 212 Å². The lowest BCUT2D eigenvalue weighted by Gasteiger charge is -2.38. The lowest BCUT2D eigenvalue weighted by atomic mass is 9.79. The molecule has 4 rings (SSSR count). The normalized spacial score (nSPS) is 19.4. The number of nitrogens with one attached hydrogen (secondary N) is 1. The number of aromatic amines is 1. The summed E-state index contributed by atoms with van der Waals surface area (Å²) in [5.41, 5.74) is 4.08. The average Bonchev–Trinajstić information content (AvgIpc) is 3.29. The van der Waals surface area contributed by atoms with E-state index in [4.69, 9.17) is 4.74 Å². The molecule has 3 aromatic rings. The second kappa shape index (κ2) is 12.3. The highest BCUT2D eigenvalue weighted by Crippen LogP contribution is 2.35. The number of aliphatic hydroxyl groups excluding tert-OH is 1. The van der Waals surface area contributed by atoms with Crippen molar-refractivity contribution in [2.75, 3.05) is 26.7 Å². The molecule has 0 radical (unpaired) electrons. The number of rotatable bonds is 12. The van der Waals surface area contributed by atoms with Crippen LogP contribution in [0.4, 0.5) is 0 Å². The van der Waals surface area contributed by atoms with E-state index < -0.39 is 12.1 Å². The van der Waals surface area contributed by atoms with Gasteiger partial charge in [-0.05, 0) is 106 Å². The first-order valence-corrected chi connectivity index (χ1v) is 13.0. The molecule has 8 heteroatoms. The number of aliphatic carboxylic acids is 1. The number of methoxy groups -OCH3 is 1. The topological polar surface area (TPSA) is 112 Å². The van der Waals surface area contributed by atoms with Gasteiger partial charge in [0.1, 0.15) is 5.75 Å². The number of unbranched alkanes of at least 4 members (excludes halogenated alkanes) is 1. The number of pyridine rings is 1. The number of aryl methyl sites for hydroxylation is 2. The molecule has 0 bridgehead atoms. The van der Waals surface area contributed by atoms with Gasteiger partial charge < -0.3 is 19.8 Å². The molecule has 3 N–H and O–H groups in total. The first-order chi connectivity index (χ1) is 17.4. The van der Waals surface area contributed by atoms with Crippen molar-refractivity contribution in [1.29, 1.82) is 0 Å². The highest BCUT2D eigenvalue weighted by molar-refractivity contribution is 5.83. The molecule has 36 heavy (non-hydrogen) atoms. The monoisotopic (exact) mass is 494 g/mol. The molecule has 2 aromatic heterocycles. The summed E-state index contributed by atoms with van der Waals surface area (Å²) in [5, 5.41) is 28.6. The van der Waals surface area contributed by atoms with Gasteiger partial charge in [-0.15, -0.1) is 0 Å². The molecule has 3 heterocycles. The number of carboxylic acid groups (broad SMARTS) is 1. The highest BCUT2D eigenvalue weighted by Gasteiger charge is 2.31. The Morgan fingerprint density at radius 2 is 2.14 bits per heavy atom. The Kier molecular flexibility index (Phi) is 8.93. The summed E-state index contributed by atoms with van der Waals surface area (Å²) in [4.78, 5) is 18.4. The maximum atomic E-state index is 11.6. The smallest absolute Gasteiger partial charge is 0.303 e. The summed E-state index contributed by atoms with van der Waals surface area (Å²) in [6, 6.07) is 7.56. The van der Waals surface area contributed by atoms with Gasteiger partial charge in [0.2, 0.25) is 0 Å². The Bertz CT molecular complexity index is 1150. The number of fused-ring (bicyclic) bond motifs is 1. The Hall–Kier alpha value is -2.97. The number of carbonyl (C=O) groups is 1. The van der Waals surface area contributed by atoms with Crippen LogP contribution in [0.25, 0.3) is 10.9 Å². The molecule has 0 amide bonds. The second-order valence-electron chi connectivity index (χ2n) is 10.1. The van der Waals surface area contributed by atoms with Crippen LogP contribution in [0.15, 0.2) is 36.7 Å². The molecule has 194 valence electrons. The van der Waals surface area contributed by atoms with Crippen LogP contribution >= 0.6 is 0 Å². The van der Waals surface area contributed by atoms with E-state index in [-0.39, 0.29) is 12.3 Å². The van der Waals surface area contributed by atoms with E-state index in [0.29, 0.717) is 12.3 Å². The highest BCUT2D eigenvalue weighted by atomic mass is 16.5. The standard InChI is InChI=1S/C28H38N4O4/c1-19-21(17-30-31-19)5-3-4-13-32-14-11-20(22(18-32)15-28(34)35)6-9-27(33)24-10-12-29-26-8-7-23(36-2)16-25(24)26/h7-8,10,12,16-17,20,22,27,33H,3-6,9,11,13-15,18H2,1-2H3,(H,30,31)(H,34,35)/t20-,22+,27?/m1/s1. The number of benzene rings is 1. The summed E-state index contributed by atoms with van der Waals surface area (Å²) in [5.74, 6) is 0.393. The minimum atomic E-state index is -0.741. The van der Waals surface area contributed by atoms with Crippen LogP contribution in [0.2, 0.25) is 0 Å².